The molecule has 0 aliphatic carbocycles. The maximum atomic E-state index is 12.2. The zero-order valence-corrected chi connectivity index (χ0v) is 12.1. The normalized spacial score (nSPS) is 13.0. The fourth-order valence-electron chi connectivity index (χ4n) is 2.53. The summed E-state index contributed by atoms with van der Waals surface area (Å²) in [6.07, 6.45) is 0.509. The molecule has 0 saturated heterocycles. The van der Waals surface area contributed by atoms with Crippen LogP contribution in [0.3, 0.4) is 0 Å². The number of nitrogens with one attached hydrogen (secondary N) is 1. The summed E-state index contributed by atoms with van der Waals surface area (Å²) in [4.78, 5) is 20.3. The first-order chi connectivity index (χ1) is 10.2. The lowest BCUT2D eigenvalue weighted by atomic mass is 10.1. The van der Waals surface area contributed by atoms with E-state index in [1.165, 1.54) is 11.3 Å². The van der Waals surface area contributed by atoms with E-state index in [4.69, 9.17) is 9.47 Å². The van der Waals surface area contributed by atoms with E-state index in [9.17, 15) is 4.79 Å². The second kappa shape index (κ2) is 4.60. The zero-order chi connectivity index (χ0) is 14.4. The Morgan fingerprint density at radius 2 is 2.29 bits per heavy atom. The smallest absolute Gasteiger partial charge is 0.259 e. The molecular weight excluding hydrogens is 288 g/mol. The van der Waals surface area contributed by atoms with Gasteiger partial charge < -0.3 is 14.5 Å². The topological polar surface area (TPSA) is 64.2 Å². The number of fused-ring (bicyclic) bond motifs is 2. The van der Waals surface area contributed by atoms with Gasteiger partial charge in [-0.05, 0) is 23.9 Å². The highest BCUT2D eigenvalue weighted by atomic mass is 32.1. The summed E-state index contributed by atoms with van der Waals surface area (Å²) in [7, 11) is 0. The molecule has 1 aromatic carbocycles. The van der Waals surface area contributed by atoms with E-state index in [1.54, 1.807) is 0 Å². The molecule has 0 radical (unpaired) electrons. The van der Waals surface area contributed by atoms with Crippen LogP contribution in [0, 0.1) is 6.92 Å². The van der Waals surface area contributed by atoms with Gasteiger partial charge in [-0.2, -0.15) is 0 Å². The molecular formula is C15H12N2O3S. The van der Waals surface area contributed by atoms with Crippen LogP contribution in [-0.4, -0.2) is 16.8 Å². The van der Waals surface area contributed by atoms with E-state index < -0.39 is 0 Å². The average Bonchev–Trinajstić information content (AvgIpc) is 3.06. The molecule has 0 amide bonds. The number of benzene rings is 1. The van der Waals surface area contributed by atoms with Crippen LogP contribution in [0.15, 0.2) is 28.4 Å². The van der Waals surface area contributed by atoms with Gasteiger partial charge in [-0.25, -0.2) is 4.98 Å². The molecule has 3 heterocycles. The lowest BCUT2D eigenvalue weighted by molar-refractivity contribution is 0.173. The Hall–Kier alpha value is -2.34. The summed E-state index contributed by atoms with van der Waals surface area (Å²) in [5.41, 5.74) is 1.84. The Bertz CT molecular complexity index is 898. The van der Waals surface area contributed by atoms with Crippen LogP contribution in [0.1, 0.15) is 17.0 Å². The van der Waals surface area contributed by atoms with Crippen molar-refractivity contribution in [3.63, 3.8) is 0 Å². The van der Waals surface area contributed by atoms with Crippen LogP contribution in [0.25, 0.3) is 10.2 Å². The minimum atomic E-state index is -0.0847. The molecule has 1 aliphatic heterocycles. The monoisotopic (exact) mass is 300 g/mol. The van der Waals surface area contributed by atoms with Gasteiger partial charge in [0.2, 0.25) is 6.79 Å². The number of hydrogen-bond acceptors (Lipinski definition) is 5. The molecule has 0 saturated carbocycles. The van der Waals surface area contributed by atoms with Crippen LogP contribution in [0.2, 0.25) is 0 Å². The SMILES string of the molecule is Cc1csc2nc(Cc3cccc4c3OCO4)[nH]c(=O)c12. The van der Waals surface area contributed by atoms with Gasteiger partial charge in [-0.1, -0.05) is 12.1 Å². The van der Waals surface area contributed by atoms with Crippen LogP contribution in [-0.2, 0) is 6.42 Å². The van der Waals surface area contributed by atoms with Crippen LogP contribution in [0.5, 0.6) is 11.5 Å². The molecule has 5 nitrogen and oxygen atoms in total. The molecule has 1 aliphatic rings. The van der Waals surface area contributed by atoms with E-state index in [0.717, 1.165) is 27.5 Å². The number of rotatable bonds is 2. The van der Waals surface area contributed by atoms with Crippen LogP contribution < -0.4 is 15.0 Å². The van der Waals surface area contributed by atoms with E-state index in [1.807, 2.05) is 30.5 Å². The quantitative estimate of drug-likeness (QED) is 0.790. The van der Waals surface area contributed by atoms with Crippen molar-refractivity contribution in [2.24, 2.45) is 0 Å². The van der Waals surface area contributed by atoms with Gasteiger partial charge in [0, 0.05) is 12.0 Å². The number of nitrogens with zero attached hydrogens (tertiary/aromatic N) is 1. The minimum absolute atomic E-state index is 0.0847. The van der Waals surface area contributed by atoms with Crippen molar-refractivity contribution >= 4 is 21.6 Å². The van der Waals surface area contributed by atoms with Crippen molar-refractivity contribution in [1.29, 1.82) is 0 Å². The number of aromatic nitrogens is 2. The average molecular weight is 300 g/mol. The molecule has 4 rings (SSSR count). The Morgan fingerprint density at radius 1 is 1.38 bits per heavy atom. The maximum absolute atomic E-state index is 12.2. The number of para-hydroxylation sites is 1. The Labute approximate surface area is 124 Å². The van der Waals surface area contributed by atoms with Crippen LogP contribution in [0.4, 0.5) is 0 Å². The number of hydrogen-bond donors (Lipinski definition) is 1. The molecule has 0 bridgehead atoms. The molecule has 6 heteroatoms. The molecule has 0 fully saturated rings. The highest BCUT2D eigenvalue weighted by molar-refractivity contribution is 7.16. The standard InChI is InChI=1S/C15H12N2O3S/c1-8-6-21-15-12(8)14(18)16-11(17-15)5-9-3-2-4-10-13(9)20-7-19-10/h2-4,6H,5,7H2,1H3,(H,16,17,18). The summed E-state index contributed by atoms with van der Waals surface area (Å²) < 4.78 is 10.8. The summed E-state index contributed by atoms with van der Waals surface area (Å²) in [5.74, 6) is 2.11. The van der Waals surface area contributed by atoms with E-state index in [2.05, 4.69) is 9.97 Å². The van der Waals surface area contributed by atoms with Crippen molar-refractivity contribution in [1.82, 2.24) is 9.97 Å². The van der Waals surface area contributed by atoms with E-state index in [0.29, 0.717) is 17.6 Å². The summed E-state index contributed by atoms with van der Waals surface area (Å²) in [6, 6.07) is 5.74. The van der Waals surface area contributed by atoms with Gasteiger partial charge in [0.15, 0.2) is 11.5 Å². The van der Waals surface area contributed by atoms with Crippen molar-refractivity contribution in [2.45, 2.75) is 13.3 Å². The largest absolute Gasteiger partial charge is 0.454 e. The third-order valence-corrected chi connectivity index (χ3v) is 4.50. The van der Waals surface area contributed by atoms with Gasteiger partial charge >= 0.3 is 0 Å². The van der Waals surface area contributed by atoms with Crippen LogP contribution >= 0.6 is 11.3 Å². The Morgan fingerprint density at radius 3 is 3.19 bits per heavy atom. The fraction of sp³-hybridized carbons (Fsp3) is 0.200. The fourth-order valence-corrected chi connectivity index (χ4v) is 3.47. The van der Waals surface area contributed by atoms with Gasteiger partial charge in [-0.3, -0.25) is 4.79 Å². The minimum Gasteiger partial charge on any atom is -0.454 e. The van der Waals surface area contributed by atoms with Gasteiger partial charge in [0.05, 0.1) is 5.39 Å². The zero-order valence-electron chi connectivity index (χ0n) is 11.3. The third-order valence-electron chi connectivity index (χ3n) is 3.51. The summed E-state index contributed by atoms with van der Waals surface area (Å²) >= 11 is 1.49. The number of aryl methyl sites for hydroxylation is 1. The molecule has 3 aromatic rings. The lowest BCUT2D eigenvalue weighted by Crippen LogP contribution is -2.12. The molecule has 0 spiro atoms. The molecule has 0 unspecified atom stereocenters. The Kier molecular flexibility index (Phi) is 2.71. The molecule has 21 heavy (non-hydrogen) atoms. The maximum Gasteiger partial charge on any atom is 0.259 e. The van der Waals surface area contributed by atoms with Gasteiger partial charge in [0.1, 0.15) is 10.7 Å². The highest BCUT2D eigenvalue weighted by Crippen LogP contribution is 2.36. The number of H-pyrrole nitrogens is 1. The highest BCUT2D eigenvalue weighted by Gasteiger charge is 2.18. The summed E-state index contributed by atoms with van der Waals surface area (Å²) in [5, 5.41) is 2.63. The predicted octanol–water partition coefficient (Wildman–Crippen LogP) is 2.61. The second-order valence-corrected chi connectivity index (χ2v) is 5.80. The summed E-state index contributed by atoms with van der Waals surface area (Å²) in [6.45, 7) is 2.16. The van der Waals surface area contributed by atoms with E-state index >= 15 is 0 Å². The third kappa shape index (κ3) is 1.99. The molecule has 1 N–H and O–H groups in total. The lowest BCUT2D eigenvalue weighted by Gasteiger charge is -2.05. The first kappa shape index (κ1) is 12.4. The van der Waals surface area contributed by atoms with Crippen molar-refractivity contribution in [3.8, 4) is 11.5 Å². The van der Waals surface area contributed by atoms with Crippen molar-refractivity contribution in [3.05, 3.63) is 50.9 Å². The van der Waals surface area contributed by atoms with E-state index in [-0.39, 0.29) is 12.4 Å². The molecule has 106 valence electrons. The predicted molar refractivity (Wildman–Crippen MR) is 80.3 cm³/mol. The Balaban J connectivity index is 1.78. The van der Waals surface area contributed by atoms with Gasteiger partial charge in [-0.15, -0.1) is 11.3 Å². The van der Waals surface area contributed by atoms with Gasteiger partial charge in [0.25, 0.3) is 5.56 Å². The first-order valence-electron chi connectivity index (χ1n) is 6.57. The second-order valence-electron chi connectivity index (χ2n) is 4.94. The number of aromatic amines is 1. The number of thiophene rings is 1. The van der Waals surface area contributed by atoms with Crippen molar-refractivity contribution in [2.75, 3.05) is 6.79 Å². The number of ether oxygens (including phenoxy) is 2. The molecule has 2 aromatic heterocycles. The first-order valence-corrected chi connectivity index (χ1v) is 7.45. The van der Waals surface area contributed by atoms with Crippen molar-refractivity contribution < 1.29 is 9.47 Å². The molecule has 0 atom stereocenters.